The molecule has 1 amide bonds. The molecule has 2 aliphatic rings. The Labute approximate surface area is 196 Å². The van der Waals surface area contributed by atoms with Crippen molar-refractivity contribution in [2.24, 2.45) is 0 Å². The van der Waals surface area contributed by atoms with Crippen molar-refractivity contribution in [2.75, 3.05) is 46.1 Å². The molecule has 9 heteroatoms. The molecule has 1 N–H and O–H groups in total. The van der Waals surface area contributed by atoms with E-state index in [0.29, 0.717) is 55.3 Å². The summed E-state index contributed by atoms with van der Waals surface area (Å²) in [7, 11) is 0. The minimum absolute atomic E-state index is 0.0734. The quantitative estimate of drug-likeness (QED) is 0.590. The van der Waals surface area contributed by atoms with Gasteiger partial charge in [0.2, 0.25) is 0 Å². The van der Waals surface area contributed by atoms with Crippen molar-refractivity contribution < 1.29 is 23.5 Å². The van der Waals surface area contributed by atoms with E-state index in [1.54, 1.807) is 6.07 Å². The molecule has 0 aliphatic carbocycles. The lowest BCUT2D eigenvalue weighted by Gasteiger charge is -2.35. The van der Waals surface area contributed by atoms with Crippen LogP contribution in [0.25, 0.3) is 11.3 Å². The zero-order valence-electron chi connectivity index (χ0n) is 18.0. The molecule has 3 aromatic rings. The number of carbonyl (C=O) groups excluding carboxylic acids is 1. The fourth-order valence-electron chi connectivity index (χ4n) is 4.07. The van der Waals surface area contributed by atoms with Gasteiger partial charge < -0.3 is 24.1 Å². The highest BCUT2D eigenvalue weighted by Gasteiger charge is 2.26. The van der Waals surface area contributed by atoms with Crippen LogP contribution in [-0.2, 0) is 4.74 Å². The van der Waals surface area contributed by atoms with Crippen LogP contribution in [0.2, 0.25) is 5.02 Å². The first-order valence-corrected chi connectivity index (χ1v) is 11.3. The zero-order chi connectivity index (χ0) is 22.6. The Balaban J connectivity index is 1.30. The summed E-state index contributed by atoms with van der Waals surface area (Å²) in [6.07, 6.45) is 0. The molecular weight excluding hydrogens is 446 g/mol. The zero-order valence-corrected chi connectivity index (χ0v) is 18.7. The first-order chi connectivity index (χ1) is 16.2. The predicted octanol–water partition coefficient (Wildman–Crippen LogP) is 3.57. The lowest BCUT2D eigenvalue weighted by Crippen LogP contribution is -2.44. The molecule has 5 rings (SSSR count). The summed E-state index contributed by atoms with van der Waals surface area (Å²) >= 11 is 6.48. The summed E-state index contributed by atoms with van der Waals surface area (Å²) < 4.78 is 22.1. The van der Waals surface area contributed by atoms with Gasteiger partial charge in [0.1, 0.15) is 13.2 Å². The minimum atomic E-state index is -0.312. The topological polar surface area (TPSA) is 86.1 Å². The van der Waals surface area contributed by atoms with Crippen LogP contribution in [0, 0.1) is 0 Å². The van der Waals surface area contributed by atoms with Crippen LogP contribution in [0.15, 0.2) is 53.1 Å². The van der Waals surface area contributed by atoms with Gasteiger partial charge in [-0.05, 0) is 29.8 Å². The van der Waals surface area contributed by atoms with Crippen LogP contribution in [-0.4, -0.2) is 62.0 Å². The number of fused-ring (bicyclic) bond motifs is 1. The highest BCUT2D eigenvalue weighted by molar-refractivity contribution is 6.31. The van der Waals surface area contributed by atoms with Crippen LogP contribution in [0.3, 0.4) is 0 Å². The molecule has 0 unspecified atom stereocenters. The molecule has 3 heterocycles. The maximum Gasteiger partial charge on any atom is 0.273 e. The third kappa shape index (κ3) is 4.83. The Bertz CT molecular complexity index is 1130. The smallest absolute Gasteiger partial charge is 0.273 e. The van der Waals surface area contributed by atoms with Gasteiger partial charge >= 0.3 is 0 Å². The van der Waals surface area contributed by atoms with E-state index in [2.05, 4.69) is 15.4 Å². The van der Waals surface area contributed by atoms with Gasteiger partial charge in [0, 0.05) is 36.3 Å². The number of hydrogen-bond donors (Lipinski definition) is 1. The fourth-order valence-corrected chi connectivity index (χ4v) is 4.33. The van der Waals surface area contributed by atoms with E-state index in [0.717, 1.165) is 24.2 Å². The molecule has 1 atom stereocenters. The Hall–Kier alpha value is -3.07. The second-order valence-corrected chi connectivity index (χ2v) is 8.24. The first-order valence-electron chi connectivity index (χ1n) is 10.9. The van der Waals surface area contributed by atoms with Gasteiger partial charge in [-0.2, -0.15) is 0 Å². The SMILES string of the molecule is O=C(NC[C@@H](c1ccccc1Cl)N1CCOCC1)c1cc(-c2ccc3c(c2)OCCO3)on1. The number of amides is 1. The van der Waals surface area contributed by atoms with Crippen LogP contribution < -0.4 is 14.8 Å². The average molecular weight is 470 g/mol. The third-order valence-electron chi connectivity index (χ3n) is 5.78. The molecule has 1 fully saturated rings. The molecule has 1 aromatic heterocycles. The number of halogens is 1. The normalized spacial score (nSPS) is 16.9. The molecule has 33 heavy (non-hydrogen) atoms. The molecule has 0 radical (unpaired) electrons. The van der Waals surface area contributed by atoms with Gasteiger partial charge in [-0.3, -0.25) is 9.69 Å². The van der Waals surface area contributed by atoms with E-state index in [9.17, 15) is 4.79 Å². The van der Waals surface area contributed by atoms with Gasteiger partial charge in [0.15, 0.2) is 23.0 Å². The van der Waals surface area contributed by atoms with Gasteiger partial charge in [0.25, 0.3) is 5.91 Å². The van der Waals surface area contributed by atoms with E-state index in [1.165, 1.54) is 0 Å². The molecular formula is C24H24ClN3O5. The van der Waals surface area contributed by atoms with E-state index in [4.69, 9.17) is 30.3 Å². The van der Waals surface area contributed by atoms with Crippen LogP contribution in [0.5, 0.6) is 11.5 Å². The number of nitrogens with one attached hydrogen (secondary N) is 1. The van der Waals surface area contributed by atoms with Crippen molar-refractivity contribution in [3.05, 3.63) is 64.8 Å². The van der Waals surface area contributed by atoms with Gasteiger partial charge in [-0.1, -0.05) is 35.0 Å². The van der Waals surface area contributed by atoms with Gasteiger partial charge in [-0.15, -0.1) is 0 Å². The average Bonchev–Trinajstić information content (AvgIpc) is 3.36. The lowest BCUT2D eigenvalue weighted by atomic mass is 10.0. The molecule has 172 valence electrons. The number of morpholine rings is 1. The molecule has 0 spiro atoms. The van der Waals surface area contributed by atoms with Gasteiger partial charge in [-0.25, -0.2) is 0 Å². The largest absolute Gasteiger partial charge is 0.486 e. The van der Waals surface area contributed by atoms with Crippen molar-refractivity contribution in [2.45, 2.75) is 6.04 Å². The maximum atomic E-state index is 12.9. The minimum Gasteiger partial charge on any atom is -0.486 e. The number of rotatable bonds is 6. The highest BCUT2D eigenvalue weighted by Crippen LogP contribution is 2.34. The van der Waals surface area contributed by atoms with Crippen molar-refractivity contribution in [3.63, 3.8) is 0 Å². The third-order valence-corrected chi connectivity index (χ3v) is 6.12. The molecule has 8 nitrogen and oxygen atoms in total. The Kier molecular flexibility index (Phi) is 6.48. The number of hydrogen-bond acceptors (Lipinski definition) is 7. The summed E-state index contributed by atoms with van der Waals surface area (Å²) in [4.78, 5) is 15.1. The molecule has 2 aromatic carbocycles. The monoisotopic (exact) mass is 469 g/mol. The number of aromatic nitrogens is 1. The summed E-state index contributed by atoms with van der Waals surface area (Å²) in [5.74, 6) is 1.51. The van der Waals surface area contributed by atoms with E-state index < -0.39 is 0 Å². The maximum absolute atomic E-state index is 12.9. The van der Waals surface area contributed by atoms with Crippen LogP contribution >= 0.6 is 11.6 Å². The van der Waals surface area contributed by atoms with Crippen molar-refractivity contribution in [1.29, 1.82) is 0 Å². The predicted molar refractivity (Wildman–Crippen MR) is 122 cm³/mol. The number of nitrogens with zero attached hydrogens (tertiary/aromatic N) is 2. The van der Waals surface area contributed by atoms with E-state index in [-0.39, 0.29) is 17.6 Å². The van der Waals surface area contributed by atoms with Crippen LogP contribution in [0.4, 0.5) is 0 Å². The van der Waals surface area contributed by atoms with Gasteiger partial charge in [0.05, 0.1) is 19.3 Å². The number of benzene rings is 2. The van der Waals surface area contributed by atoms with Crippen molar-refractivity contribution in [1.82, 2.24) is 15.4 Å². The number of carbonyl (C=O) groups is 1. The van der Waals surface area contributed by atoms with Crippen LogP contribution in [0.1, 0.15) is 22.1 Å². The molecule has 2 aliphatic heterocycles. The Morgan fingerprint density at radius 1 is 1.03 bits per heavy atom. The Morgan fingerprint density at radius 2 is 1.82 bits per heavy atom. The first kappa shape index (κ1) is 21.8. The Morgan fingerprint density at radius 3 is 2.64 bits per heavy atom. The number of ether oxygens (including phenoxy) is 3. The molecule has 1 saturated heterocycles. The van der Waals surface area contributed by atoms with Crippen molar-refractivity contribution in [3.8, 4) is 22.8 Å². The second-order valence-electron chi connectivity index (χ2n) is 7.83. The van der Waals surface area contributed by atoms with E-state index in [1.807, 2.05) is 42.5 Å². The molecule has 0 bridgehead atoms. The summed E-state index contributed by atoms with van der Waals surface area (Å²) in [5.41, 5.74) is 1.94. The molecule has 0 saturated carbocycles. The summed E-state index contributed by atoms with van der Waals surface area (Å²) in [6, 6.07) is 14.8. The lowest BCUT2D eigenvalue weighted by molar-refractivity contribution is 0.0162. The van der Waals surface area contributed by atoms with E-state index >= 15 is 0 Å². The highest BCUT2D eigenvalue weighted by atomic mass is 35.5. The summed E-state index contributed by atoms with van der Waals surface area (Å²) in [5, 5.41) is 7.63. The van der Waals surface area contributed by atoms with Crippen molar-refractivity contribution >= 4 is 17.5 Å². The standard InChI is InChI=1S/C24H24ClN3O5/c25-18-4-2-1-3-17(18)20(28-7-9-30-10-8-28)15-26-24(29)19-14-22(33-27-19)16-5-6-21-23(13-16)32-12-11-31-21/h1-6,13-14,20H,7-12,15H2,(H,26,29)/t20-/m0/s1. The fraction of sp³-hybridized carbons (Fsp3) is 0.333. The second kappa shape index (κ2) is 9.82. The summed E-state index contributed by atoms with van der Waals surface area (Å²) in [6.45, 7) is 4.24.